The van der Waals surface area contributed by atoms with Crippen LogP contribution in [0.3, 0.4) is 0 Å². The molecule has 140 valence electrons. The molecular weight excluding hydrogens is 318 g/mol. The molecule has 6 nitrogen and oxygen atoms in total. The zero-order valence-electron chi connectivity index (χ0n) is 15.2. The second kappa shape index (κ2) is 8.16. The highest BCUT2D eigenvalue weighted by Gasteiger charge is 2.39. The van der Waals surface area contributed by atoms with Crippen molar-refractivity contribution in [3.8, 4) is 0 Å². The first-order chi connectivity index (χ1) is 12.3. The van der Waals surface area contributed by atoms with Crippen LogP contribution in [0.4, 0.5) is 0 Å². The largest absolute Gasteiger partial charge is 0.379 e. The molecule has 1 saturated carbocycles. The monoisotopic (exact) mass is 349 g/mol. The first-order valence-electron chi connectivity index (χ1n) is 9.89. The zero-order chi connectivity index (χ0) is 17.0. The average molecular weight is 349 g/mol. The van der Waals surface area contributed by atoms with Gasteiger partial charge in [0, 0.05) is 25.6 Å². The fourth-order valence-electron chi connectivity index (χ4n) is 4.21. The van der Waals surface area contributed by atoms with Crippen molar-refractivity contribution in [2.45, 2.75) is 50.6 Å². The van der Waals surface area contributed by atoms with E-state index in [1.54, 1.807) is 0 Å². The predicted molar refractivity (Wildman–Crippen MR) is 94.4 cm³/mol. The molecule has 2 saturated heterocycles. The number of rotatable bonds is 7. The van der Waals surface area contributed by atoms with E-state index < -0.39 is 0 Å². The van der Waals surface area contributed by atoms with E-state index in [1.807, 2.05) is 0 Å². The van der Waals surface area contributed by atoms with Gasteiger partial charge in [0.25, 0.3) is 0 Å². The van der Waals surface area contributed by atoms with Crippen molar-refractivity contribution in [2.75, 3.05) is 46.1 Å². The Labute approximate surface area is 150 Å². The average Bonchev–Trinajstić information content (AvgIpc) is 3.06. The Morgan fingerprint density at radius 2 is 1.92 bits per heavy atom. The summed E-state index contributed by atoms with van der Waals surface area (Å²) in [6.45, 7) is 7.07. The van der Waals surface area contributed by atoms with Crippen LogP contribution in [0.2, 0.25) is 0 Å². The van der Waals surface area contributed by atoms with Crippen LogP contribution in [0.5, 0.6) is 0 Å². The van der Waals surface area contributed by atoms with E-state index in [0.717, 1.165) is 76.4 Å². The second-order valence-electron chi connectivity index (χ2n) is 8.01. The summed E-state index contributed by atoms with van der Waals surface area (Å²) in [5, 5.41) is 8.12. The molecule has 3 fully saturated rings. The van der Waals surface area contributed by atoms with Gasteiger partial charge in [-0.25, -0.2) is 0 Å². The van der Waals surface area contributed by atoms with Crippen LogP contribution >= 0.6 is 0 Å². The van der Waals surface area contributed by atoms with Crippen molar-refractivity contribution in [1.29, 1.82) is 0 Å². The second-order valence-corrected chi connectivity index (χ2v) is 8.01. The van der Waals surface area contributed by atoms with Crippen molar-refractivity contribution in [3.63, 3.8) is 0 Å². The summed E-state index contributed by atoms with van der Waals surface area (Å²) in [6, 6.07) is 2.12. The minimum absolute atomic E-state index is 0.0601. The first-order valence-corrected chi connectivity index (χ1v) is 9.89. The molecule has 0 atom stereocenters. The van der Waals surface area contributed by atoms with E-state index in [2.05, 4.69) is 21.4 Å². The third-order valence-corrected chi connectivity index (χ3v) is 5.86. The Kier molecular flexibility index (Phi) is 5.70. The first kappa shape index (κ1) is 17.5. The number of hydrogen-bond donors (Lipinski definition) is 1. The Morgan fingerprint density at radius 1 is 1.12 bits per heavy atom. The van der Waals surface area contributed by atoms with Crippen molar-refractivity contribution < 1.29 is 14.0 Å². The SMILES string of the molecule is c1c(CC2(NCC3CCCCC3)COC2)noc1CN1CCOCC1. The Bertz CT molecular complexity index is 532. The molecule has 2 aliphatic heterocycles. The zero-order valence-corrected chi connectivity index (χ0v) is 15.2. The molecule has 1 aliphatic carbocycles. The fraction of sp³-hybridized carbons (Fsp3) is 0.842. The maximum Gasteiger partial charge on any atom is 0.150 e. The number of hydrogen-bond acceptors (Lipinski definition) is 6. The van der Waals surface area contributed by atoms with Gasteiger partial charge in [0.15, 0.2) is 5.76 Å². The quantitative estimate of drug-likeness (QED) is 0.812. The molecule has 25 heavy (non-hydrogen) atoms. The lowest BCUT2D eigenvalue weighted by Gasteiger charge is -2.43. The lowest BCUT2D eigenvalue weighted by molar-refractivity contribution is -0.0764. The Morgan fingerprint density at radius 3 is 2.64 bits per heavy atom. The predicted octanol–water partition coefficient (Wildman–Crippen LogP) is 1.99. The maximum atomic E-state index is 5.58. The smallest absolute Gasteiger partial charge is 0.150 e. The molecule has 3 aliphatic rings. The summed E-state index contributed by atoms with van der Waals surface area (Å²) in [6.07, 6.45) is 7.84. The van der Waals surface area contributed by atoms with E-state index >= 15 is 0 Å². The molecular formula is C19H31N3O3. The summed E-state index contributed by atoms with van der Waals surface area (Å²) < 4.78 is 16.5. The van der Waals surface area contributed by atoms with Crippen LogP contribution in [0.15, 0.2) is 10.6 Å². The standard InChI is InChI=1S/C19H31N3O3/c1-2-4-16(5-3-1)12-20-19(14-24-15-19)11-17-10-18(25-21-17)13-22-6-8-23-9-7-22/h10,16,20H,1-9,11-15H2. The number of morpholine rings is 1. The minimum Gasteiger partial charge on any atom is -0.379 e. The van der Waals surface area contributed by atoms with Crippen molar-refractivity contribution in [1.82, 2.24) is 15.4 Å². The molecule has 6 heteroatoms. The van der Waals surface area contributed by atoms with Crippen molar-refractivity contribution in [2.24, 2.45) is 5.92 Å². The van der Waals surface area contributed by atoms with Gasteiger partial charge >= 0.3 is 0 Å². The van der Waals surface area contributed by atoms with Gasteiger partial charge in [-0.15, -0.1) is 0 Å². The van der Waals surface area contributed by atoms with Crippen LogP contribution in [-0.2, 0) is 22.4 Å². The molecule has 0 aromatic carbocycles. The molecule has 1 N–H and O–H groups in total. The normalized spacial score (nSPS) is 25.0. The van der Waals surface area contributed by atoms with Crippen LogP contribution in [0, 0.1) is 5.92 Å². The van der Waals surface area contributed by atoms with Crippen LogP contribution in [-0.4, -0.2) is 61.7 Å². The molecule has 4 rings (SSSR count). The lowest BCUT2D eigenvalue weighted by Crippen LogP contribution is -2.62. The van der Waals surface area contributed by atoms with E-state index in [4.69, 9.17) is 14.0 Å². The Balaban J connectivity index is 1.29. The summed E-state index contributed by atoms with van der Waals surface area (Å²) in [7, 11) is 0. The van der Waals surface area contributed by atoms with Gasteiger partial charge in [-0.2, -0.15) is 0 Å². The van der Waals surface area contributed by atoms with Gasteiger partial charge in [0.1, 0.15) is 0 Å². The van der Waals surface area contributed by atoms with Crippen LogP contribution in [0.1, 0.15) is 43.6 Å². The highest BCUT2D eigenvalue weighted by atomic mass is 16.5. The summed E-state index contributed by atoms with van der Waals surface area (Å²) >= 11 is 0. The van der Waals surface area contributed by atoms with E-state index in [0.29, 0.717) is 0 Å². The van der Waals surface area contributed by atoms with E-state index in [1.165, 1.54) is 32.1 Å². The number of ether oxygens (including phenoxy) is 2. The van der Waals surface area contributed by atoms with Gasteiger partial charge in [0.05, 0.1) is 44.2 Å². The fourth-order valence-corrected chi connectivity index (χ4v) is 4.21. The molecule has 0 amide bonds. The number of nitrogens with one attached hydrogen (secondary N) is 1. The highest BCUT2D eigenvalue weighted by molar-refractivity contribution is 5.12. The third-order valence-electron chi connectivity index (χ3n) is 5.86. The van der Waals surface area contributed by atoms with Gasteiger partial charge < -0.3 is 19.3 Å². The molecule has 1 aromatic rings. The van der Waals surface area contributed by atoms with E-state index in [-0.39, 0.29) is 5.54 Å². The highest BCUT2D eigenvalue weighted by Crippen LogP contribution is 2.27. The van der Waals surface area contributed by atoms with Crippen molar-refractivity contribution in [3.05, 3.63) is 17.5 Å². The van der Waals surface area contributed by atoms with Crippen LogP contribution < -0.4 is 5.32 Å². The molecule has 0 bridgehead atoms. The summed E-state index contributed by atoms with van der Waals surface area (Å²) in [4.78, 5) is 2.36. The summed E-state index contributed by atoms with van der Waals surface area (Å²) in [5.74, 6) is 1.79. The van der Waals surface area contributed by atoms with Gasteiger partial charge in [0.2, 0.25) is 0 Å². The molecule has 0 radical (unpaired) electrons. The minimum atomic E-state index is 0.0601. The number of aromatic nitrogens is 1. The van der Waals surface area contributed by atoms with Crippen molar-refractivity contribution >= 4 is 0 Å². The topological polar surface area (TPSA) is 59.8 Å². The number of nitrogens with zero attached hydrogens (tertiary/aromatic N) is 2. The van der Waals surface area contributed by atoms with E-state index in [9.17, 15) is 0 Å². The van der Waals surface area contributed by atoms with Gasteiger partial charge in [-0.3, -0.25) is 4.90 Å². The lowest BCUT2D eigenvalue weighted by atomic mass is 9.86. The molecule has 0 spiro atoms. The maximum absolute atomic E-state index is 5.58. The molecule has 1 aromatic heterocycles. The Hall–Kier alpha value is -0.950. The van der Waals surface area contributed by atoms with Crippen LogP contribution in [0.25, 0.3) is 0 Å². The van der Waals surface area contributed by atoms with Gasteiger partial charge in [-0.05, 0) is 25.3 Å². The molecule has 0 unspecified atom stereocenters. The third kappa shape index (κ3) is 4.61. The van der Waals surface area contributed by atoms with Gasteiger partial charge in [-0.1, -0.05) is 24.4 Å². The summed E-state index contributed by atoms with van der Waals surface area (Å²) in [5.41, 5.74) is 1.10. The molecule has 3 heterocycles.